The van der Waals surface area contributed by atoms with E-state index < -0.39 is 5.60 Å². The van der Waals surface area contributed by atoms with Crippen molar-refractivity contribution in [3.8, 4) is 0 Å². The summed E-state index contributed by atoms with van der Waals surface area (Å²) < 4.78 is 5.50. The lowest BCUT2D eigenvalue weighted by atomic mass is 9.82. The third-order valence-corrected chi connectivity index (χ3v) is 4.97. The third-order valence-electron chi connectivity index (χ3n) is 4.97. The van der Waals surface area contributed by atoms with Crippen LogP contribution in [-0.4, -0.2) is 41.6 Å². The first kappa shape index (κ1) is 17.8. The summed E-state index contributed by atoms with van der Waals surface area (Å²) >= 11 is 0. The molecule has 136 valence electrons. The normalized spacial score (nSPS) is 22.5. The molecule has 2 atom stereocenters. The van der Waals surface area contributed by atoms with E-state index in [0.717, 1.165) is 16.7 Å². The van der Waals surface area contributed by atoms with E-state index >= 15 is 0 Å². The highest BCUT2D eigenvalue weighted by molar-refractivity contribution is 5.99. The molecule has 1 saturated heterocycles. The van der Waals surface area contributed by atoms with E-state index in [4.69, 9.17) is 4.74 Å². The molecule has 2 aliphatic rings. The fourth-order valence-corrected chi connectivity index (χ4v) is 3.76. The number of benzene rings is 1. The van der Waals surface area contributed by atoms with Crippen LogP contribution in [0.5, 0.6) is 0 Å². The summed E-state index contributed by atoms with van der Waals surface area (Å²) in [5, 5.41) is 3.08. The van der Waals surface area contributed by atoms with E-state index in [0.29, 0.717) is 19.0 Å². The quantitative estimate of drug-likeness (QED) is 0.847. The average Bonchev–Trinajstić information content (AvgIpc) is 2.89. The number of hydrogen-bond acceptors (Lipinski definition) is 3. The van der Waals surface area contributed by atoms with Crippen LogP contribution in [0.3, 0.4) is 0 Å². The van der Waals surface area contributed by atoms with Crippen molar-refractivity contribution in [3.63, 3.8) is 0 Å². The van der Waals surface area contributed by atoms with Gasteiger partial charge in [-0.15, -0.1) is 0 Å². The predicted octanol–water partition coefficient (Wildman–Crippen LogP) is 3.56. The number of likely N-dealkylation sites (tertiary alicyclic amines) is 1. The minimum Gasteiger partial charge on any atom is -0.444 e. The molecule has 25 heavy (non-hydrogen) atoms. The van der Waals surface area contributed by atoms with E-state index in [1.807, 2.05) is 27.7 Å². The Kier molecular flexibility index (Phi) is 4.30. The lowest BCUT2D eigenvalue weighted by molar-refractivity contribution is 0.0288. The van der Waals surface area contributed by atoms with Gasteiger partial charge in [0, 0.05) is 24.6 Å². The third kappa shape index (κ3) is 3.37. The molecule has 2 aliphatic heterocycles. The number of hydrogen-bond donors (Lipinski definition) is 1. The molecule has 0 spiro atoms. The van der Waals surface area contributed by atoms with E-state index in [1.165, 1.54) is 5.56 Å². The van der Waals surface area contributed by atoms with Crippen molar-refractivity contribution in [2.75, 3.05) is 13.1 Å². The summed E-state index contributed by atoms with van der Waals surface area (Å²) in [6.45, 7) is 13.0. The second-order valence-electron chi connectivity index (χ2n) is 8.53. The van der Waals surface area contributed by atoms with Crippen LogP contribution >= 0.6 is 0 Å². The molecule has 0 aliphatic carbocycles. The fraction of sp³-hybridized carbons (Fsp3) is 0.600. The zero-order valence-corrected chi connectivity index (χ0v) is 16.0. The summed E-state index contributed by atoms with van der Waals surface area (Å²) in [6, 6.07) is 4.21. The Hall–Kier alpha value is -2.04. The summed E-state index contributed by atoms with van der Waals surface area (Å²) in [7, 11) is 0. The number of carbonyl (C=O) groups is 2. The monoisotopic (exact) mass is 344 g/mol. The number of amides is 2. The van der Waals surface area contributed by atoms with E-state index in [-0.39, 0.29) is 24.0 Å². The molecule has 1 aromatic carbocycles. The van der Waals surface area contributed by atoms with Gasteiger partial charge in [-0.25, -0.2) is 4.79 Å². The van der Waals surface area contributed by atoms with Gasteiger partial charge in [-0.2, -0.15) is 0 Å². The topological polar surface area (TPSA) is 58.6 Å². The molecular formula is C20H28N2O3. The second-order valence-corrected chi connectivity index (χ2v) is 8.53. The maximum Gasteiger partial charge on any atom is 0.410 e. The van der Waals surface area contributed by atoms with Crippen molar-refractivity contribution < 1.29 is 14.3 Å². The Morgan fingerprint density at radius 2 is 1.96 bits per heavy atom. The molecule has 0 unspecified atom stereocenters. The zero-order chi connectivity index (χ0) is 18.5. The Labute approximate surface area is 149 Å². The Bertz CT molecular complexity index is 718. The van der Waals surface area contributed by atoms with Crippen LogP contribution in [0.4, 0.5) is 4.79 Å². The maximum absolute atomic E-state index is 12.6. The molecule has 1 N–H and O–H groups in total. The van der Waals surface area contributed by atoms with Crippen LogP contribution in [-0.2, 0) is 4.74 Å². The van der Waals surface area contributed by atoms with Crippen LogP contribution in [0.2, 0.25) is 0 Å². The predicted molar refractivity (Wildman–Crippen MR) is 97.1 cm³/mol. The smallest absolute Gasteiger partial charge is 0.410 e. The molecule has 2 amide bonds. The summed E-state index contributed by atoms with van der Waals surface area (Å²) in [5.74, 6) is 0.489. The van der Waals surface area contributed by atoms with Crippen molar-refractivity contribution in [3.05, 3.63) is 34.4 Å². The maximum atomic E-state index is 12.6. The largest absolute Gasteiger partial charge is 0.444 e. The highest BCUT2D eigenvalue weighted by Crippen LogP contribution is 2.37. The molecule has 0 aromatic heterocycles. The fourth-order valence-electron chi connectivity index (χ4n) is 3.76. The minimum absolute atomic E-state index is 0.0323. The van der Waals surface area contributed by atoms with Crippen molar-refractivity contribution in [2.45, 2.75) is 65.0 Å². The van der Waals surface area contributed by atoms with Gasteiger partial charge in [0.2, 0.25) is 0 Å². The average molecular weight is 344 g/mol. The van der Waals surface area contributed by atoms with Crippen LogP contribution in [0.1, 0.15) is 73.5 Å². The number of aryl methyl sites for hydroxylation is 1. The molecular weight excluding hydrogens is 316 g/mol. The standard InChI is InChI=1S/C20H28N2O3/c1-11(2)13-7-12(3)17-14(8-13)15-9-22(10-16(15)21-18(17)23)19(24)25-20(4,5)6/h7-8,11,15-16H,9-10H2,1-6H3,(H,21,23)/t15-,16+/m0/s1. The van der Waals surface area contributed by atoms with Crippen molar-refractivity contribution in [1.82, 2.24) is 10.2 Å². The van der Waals surface area contributed by atoms with E-state index in [2.05, 4.69) is 31.3 Å². The number of rotatable bonds is 1. The number of nitrogens with one attached hydrogen (secondary N) is 1. The lowest BCUT2D eigenvalue weighted by Crippen LogP contribution is -2.45. The molecule has 0 bridgehead atoms. The van der Waals surface area contributed by atoms with Gasteiger partial charge in [-0.3, -0.25) is 4.79 Å². The molecule has 0 saturated carbocycles. The van der Waals surface area contributed by atoms with Crippen molar-refractivity contribution >= 4 is 12.0 Å². The molecule has 5 heteroatoms. The first-order valence-electron chi connectivity index (χ1n) is 9.00. The highest BCUT2D eigenvalue weighted by atomic mass is 16.6. The van der Waals surface area contributed by atoms with Crippen LogP contribution < -0.4 is 5.32 Å². The second kappa shape index (κ2) is 6.04. The Balaban J connectivity index is 1.92. The van der Waals surface area contributed by atoms with Gasteiger partial charge in [-0.1, -0.05) is 26.0 Å². The van der Waals surface area contributed by atoms with Crippen molar-refractivity contribution in [2.24, 2.45) is 0 Å². The number of nitrogens with zero attached hydrogens (tertiary/aromatic N) is 1. The van der Waals surface area contributed by atoms with Gasteiger partial charge in [0.05, 0.1) is 6.04 Å². The molecule has 0 radical (unpaired) electrons. The number of fused-ring (bicyclic) bond motifs is 3. The first-order valence-corrected chi connectivity index (χ1v) is 9.00. The SMILES string of the molecule is Cc1cc(C(C)C)cc2c1C(=O)N[C@@H]1CN(C(=O)OC(C)(C)C)C[C@@H]21. The molecule has 1 aromatic rings. The van der Waals surface area contributed by atoms with E-state index in [1.54, 1.807) is 4.90 Å². The van der Waals surface area contributed by atoms with Gasteiger partial charge >= 0.3 is 6.09 Å². The number of ether oxygens (including phenoxy) is 1. The summed E-state index contributed by atoms with van der Waals surface area (Å²) in [6.07, 6.45) is -0.311. The number of carbonyl (C=O) groups excluding carboxylic acids is 2. The first-order chi connectivity index (χ1) is 11.6. The summed E-state index contributed by atoms with van der Waals surface area (Å²) in [5.41, 5.74) is 3.57. The highest BCUT2D eigenvalue weighted by Gasteiger charge is 2.43. The Morgan fingerprint density at radius 1 is 1.28 bits per heavy atom. The Morgan fingerprint density at radius 3 is 2.56 bits per heavy atom. The van der Waals surface area contributed by atoms with E-state index in [9.17, 15) is 9.59 Å². The lowest BCUT2D eigenvalue weighted by Gasteiger charge is -2.30. The molecule has 1 fully saturated rings. The molecule has 2 heterocycles. The summed E-state index contributed by atoms with van der Waals surface area (Å²) in [4.78, 5) is 26.7. The van der Waals surface area contributed by atoms with Crippen molar-refractivity contribution in [1.29, 1.82) is 0 Å². The van der Waals surface area contributed by atoms with Gasteiger partial charge in [0.25, 0.3) is 5.91 Å². The van der Waals surface area contributed by atoms with Crippen LogP contribution in [0.25, 0.3) is 0 Å². The molecule has 5 nitrogen and oxygen atoms in total. The van der Waals surface area contributed by atoms with Crippen LogP contribution in [0.15, 0.2) is 12.1 Å². The van der Waals surface area contributed by atoms with Gasteiger partial charge in [-0.05, 0) is 50.3 Å². The van der Waals surface area contributed by atoms with Gasteiger partial charge in [0.15, 0.2) is 0 Å². The van der Waals surface area contributed by atoms with Gasteiger partial charge in [0.1, 0.15) is 5.60 Å². The minimum atomic E-state index is -0.520. The van der Waals surface area contributed by atoms with Gasteiger partial charge < -0.3 is 15.0 Å². The molecule has 3 rings (SSSR count). The van der Waals surface area contributed by atoms with Crippen LogP contribution in [0, 0.1) is 6.92 Å². The zero-order valence-electron chi connectivity index (χ0n) is 16.0.